The molecule has 6 heteroatoms. The fraction of sp³-hybridized carbons (Fsp3) is 0.286. The number of nitrogens with zero attached hydrogens (tertiary/aromatic N) is 2. The summed E-state index contributed by atoms with van der Waals surface area (Å²) in [6.07, 6.45) is -0.593. The van der Waals surface area contributed by atoms with Crippen molar-refractivity contribution in [3.8, 4) is 0 Å². The lowest BCUT2D eigenvalue weighted by Crippen LogP contribution is -2.37. The maximum atomic E-state index is 12.5. The van der Waals surface area contributed by atoms with Crippen molar-refractivity contribution in [2.24, 2.45) is 5.16 Å². The second-order valence-corrected chi connectivity index (χ2v) is 6.64. The molecule has 0 aromatic heterocycles. The van der Waals surface area contributed by atoms with Gasteiger partial charge in [0.05, 0.1) is 29.5 Å². The first-order valence-corrected chi connectivity index (χ1v) is 8.73. The number of hydrogen-bond acceptors (Lipinski definition) is 5. The van der Waals surface area contributed by atoms with Crippen LogP contribution in [0.1, 0.15) is 44.3 Å². The van der Waals surface area contributed by atoms with Gasteiger partial charge in [-0.25, -0.2) is 0 Å². The molecule has 0 radical (unpaired) electrons. The van der Waals surface area contributed by atoms with Crippen LogP contribution in [-0.4, -0.2) is 47.3 Å². The lowest BCUT2D eigenvalue weighted by Gasteiger charge is -2.20. The van der Waals surface area contributed by atoms with Gasteiger partial charge in [-0.05, 0) is 31.5 Å². The summed E-state index contributed by atoms with van der Waals surface area (Å²) < 4.78 is 0. The number of hydrogen-bond donors (Lipinski definition) is 1. The molecule has 1 aliphatic rings. The molecule has 1 heterocycles. The summed E-state index contributed by atoms with van der Waals surface area (Å²) in [6, 6.07) is 12.6. The fourth-order valence-corrected chi connectivity index (χ4v) is 3.36. The molecule has 1 aliphatic heterocycles. The summed E-state index contributed by atoms with van der Waals surface area (Å²) in [7, 11) is 1.48. The quantitative estimate of drug-likeness (QED) is 0.484. The zero-order valence-electron chi connectivity index (χ0n) is 15.6. The summed E-state index contributed by atoms with van der Waals surface area (Å²) >= 11 is 0. The van der Waals surface area contributed by atoms with E-state index in [2.05, 4.69) is 5.16 Å². The summed E-state index contributed by atoms with van der Waals surface area (Å²) in [5.41, 5.74) is 4.26. The van der Waals surface area contributed by atoms with E-state index >= 15 is 0 Å². The first-order chi connectivity index (χ1) is 12.9. The van der Waals surface area contributed by atoms with Crippen LogP contribution in [0.4, 0.5) is 0 Å². The van der Waals surface area contributed by atoms with Crippen molar-refractivity contribution in [1.29, 1.82) is 0 Å². The lowest BCUT2D eigenvalue weighted by atomic mass is 9.96. The molecule has 27 heavy (non-hydrogen) atoms. The molecule has 2 amide bonds. The van der Waals surface area contributed by atoms with E-state index in [1.165, 1.54) is 7.11 Å². The van der Waals surface area contributed by atoms with Crippen LogP contribution in [-0.2, 0) is 11.3 Å². The molecule has 1 unspecified atom stereocenters. The predicted molar refractivity (Wildman–Crippen MR) is 102 cm³/mol. The van der Waals surface area contributed by atoms with Gasteiger partial charge in [0.2, 0.25) is 0 Å². The topological polar surface area (TPSA) is 79.2 Å². The zero-order valence-corrected chi connectivity index (χ0v) is 15.6. The zero-order chi connectivity index (χ0) is 19.6. The molecule has 1 N–H and O–H groups in total. The molecule has 0 saturated carbocycles. The number of aryl methyl sites for hydroxylation is 1. The standard InChI is InChI=1S/C21H22N2O4/c1-13-8-9-17(14(2)22-27-3)15(10-13)11-16(24)12-23-20(25)18-6-4-5-7-19(18)21(23)26/h4-10,16,24H,11-12H2,1-3H3/b22-14-. The fourth-order valence-electron chi connectivity index (χ4n) is 3.36. The van der Waals surface area contributed by atoms with Crippen molar-refractivity contribution in [2.75, 3.05) is 13.7 Å². The second kappa shape index (κ2) is 7.72. The molecule has 0 spiro atoms. The van der Waals surface area contributed by atoms with Crippen LogP contribution >= 0.6 is 0 Å². The van der Waals surface area contributed by atoms with Gasteiger partial charge in [0.1, 0.15) is 7.11 Å². The van der Waals surface area contributed by atoms with E-state index < -0.39 is 6.10 Å². The third-order valence-electron chi connectivity index (χ3n) is 4.61. The maximum Gasteiger partial charge on any atom is 0.261 e. The summed E-state index contributed by atoms with van der Waals surface area (Å²) in [4.78, 5) is 30.9. The Bertz CT molecular complexity index is 885. The third kappa shape index (κ3) is 3.75. The molecule has 140 valence electrons. The van der Waals surface area contributed by atoms with Crippen LogP contribution in [0.5, 0.6) is 0 Å². The van der Waals surface area contributed by atoms with Crippen LogP contribution in [0.2, 0.25) is 0 Å². The highest BCUT2D eigenvalue weighted by Crippen LogP contribution is 2.23. The number of aliphatic hydroxyl groups is 1. The Morgan fingerprint density at radius 2 is 1.78 bits per heavy atom. The van der Waals surface area contributed by atoms with Crippen molar-refractivity contribution < 1.29 is 19.5 Å². The lowest BCUT2D eigenvalue weighted by molar-refractivity contribution is 0.0544. The Hall–Kier alpha value is -2.99. The number of rotatable bonds is 6. The number of fused-ring (bicyclic) bond motifs is 1. The first-order valence-electron chi connectivity index (χ1n) is 8.73. The molecule has 1 atom stereocenters. The van der Waals surface area contributed by atoms with Gasteiger partial charge in [0.15, 0.2) is 0 Å². The SMILES string of the molecule is CO/N=C(/C)c1ccc(C)cc1CC(O)CN1C(=O)c2ccccc2C1=O. The third-order valence-corrected chi connectivity index (χ3v) is 4.61. The Morgan fingerprint density at radius 3 is 2.37 bits per heavy atom. The number of amides is 2. The number of oxime groups is 1. The van der Waals surface area contributed by atoms with E-state index in [0.717, 1.165) is 21.6 Å². The van der Waals surface area contributed by atoms with Gasteiger partial charge in [-0.1, -0.05) is 41.1 Å². The largest absolute Gasteiger partial charge is 0.399 e. The van der Waals surface area contributed by atoms with Crippen LogP contribution in [0, 0.1) is 6.92 Å². The smallest absolute Gasteiger partial charge is 0.261 e. The van der Waals surface area contributed by atoms with Crippen molar-refractivity contribution in [1.82, 2.24) is 4.90 Å². The molecule has 0 aliphatic carbocycles. The molecule has 3 rings (SSSR count). The number of benzene rings is 2. The van der Waals surface area contributed by atoms with Crippen molar-refractivity contribution in [2.45, 2.75) is 26.4 Å². The average Bonchev–Trinajstić information content (AvgIpc) is 2.87. The van der Waals surface area contributed by atoms with E-state index in [-0.39, 0.29) is 18.4 Å². The number of aliphatic hydroxyl groups excluding tert-OH is 1. The number of β-amino-alcohol motifs (C(OH)–C–C–N with tert-alkyl or cyclic N) is 1. The Labute approximate surface area is 158 Å². The highest BCUT2D eigenvalue weighted by atomic mass is 16.6. The number of carbonyl (C=O) groups excluding carboxylic acids is 2. The summed E-state index contributed by atoms with van der Waals surface area (Å²) in [6.45, 7) is 3.74. The normalized spacial score (nSPS) is 15.1. The molecule has 0 saturated heterocycles. The highest BCUT2D eigenvalue weighted by Gasteiger charge is 2.36. The molecular weight excluding hydrogens is 344 g/mol. The first kappa shape index (κ1) is 18.8. The molecule has 2 aromatic carbocycles. The van der Waals surface area contributed by atoms with Gasteiger partial charge in [-0.3, -0.25) is 14.5 Å². The number of imide groups is 1. The minimum atomic E-state index is -0.886. The van der Waals surface area contributed by atoms with E-state index in [1.54, 1.807) is 24.3 Å². The predicted octanol–water partition coefficient (Wildman–Crippen LogP) is 2.57. The van der Waals surface area contributed by atoms with Gasteiger partial charge >= 0.3 is 0 Å². The molecule has 0 fully saturated rings. The summed E-state index contributed by atoms with van der Waals surface area (Å²) in [5, 5.41) is 14.6. The van der Waals surface area contributed by atoms with Crippen LogP contribution in [0.25, 0.3) is 0 Å². The minimum absolute atomic E-state index is 0.0554. The Balaban J connectivity index is 1.79. The Morgan fingerprint density at radius 1 is 1.15 bits per heavy atom. The van der Waals surface area contributed by atoms with Gasteiger partial charge < -0.3 is 9.94 Å². The van der Waals surface area contributed by atoms with Crippen molar-refractivity contribution in [3.63, 3.8) is 0 Å². The molecule has 0 bridgehead atoms. The van der Waals surface area contributed by atoms with E-state index in [9.17, 15) is 14.7 Å². The summed E-state index contributed by atoms with van der Waals surface area (Å²) in [5.74, 6) is -0.729. The van der Waals surface area contributed by atoms with Crippen LogP contribution in [0.15, 0.2) is 47.6 Å². The van der Waals surface area contributed by atoms with E-state index in [1.807, 2.05) is 32.0 Å². The second-order valence-electron chi connectivity index (χ2n) is 6.64. The van der Waals surface area contributed by atoms with E-state index in [4.69, 9.17) is 4.84 Å². The molecule has 2 aromatic rings. The minimum Gasteiger partial charge on any atom is -0.399 e. The number of carbonyl (C=O) groups is 2. The average molecular weight is 366 g/mol. The highest BCUT2D eigenvalue weighted by molar-refractivity contribution is 6.21. The van der Waals surface area contributed by atoms with Crippen LogP contribution < -0.4 is 0 Å². The van der Waals surface area contributed by atoms with Crippen molar-refractivity contribution >= 4 is 17.5 Å². The molecule has 6 nitrogen and oxygen atoms in total. The van der Waals surface area contributed by atoms with Gasteiger partial charge in [-0.15, -0.1) is 0 Å². The van der Waals surface area contributed by atoms with Crippen LogP contribution in [0.3, 0.4) is 0 Å². The van der Waals surface area contributed by atoms with Gasteiger partial charge in [0.25, 0.3) is 11.8 Å². The van der Waals surface area contributed by atoms with Gasteiger partial charge in [0, 0.05) is 12.0 Å². The van der Waals surface area contributed by atoms with Gasteiger partial charge in [-0.2, -0.15) is 0 Å². The van der Waals surface area contributed by atoms with E-state index in [0.29, 0.717) is 23.3 Å². The van der Waals surface area contributed by atoms with Crippen molar-refractivity contribution in [3.05, 3.63) is 70.3 Å². The maximum absolute atomic E-state index is 12.5. The Kier molecular flexibility index (Phi) is 5.37. The monoisotopic (exact) mass is 366 g/mol. The molecular formula is C21H22N2O4.